The topological polar surface area (TPSA) is 37.4 Å². The average molecular weight is 336 g/mol. The van der Waals surface area contributed by atoms with Crippen LogP contribution in [0.5, 0.6) is 5.88 Å². The van der Waals surface area contributed by atoms with Crippen molar-refractivity contribution in [1.82, 2.24) is 4.98 Å². The number of methoxy groups -OCH3 is 1. The predicted octanol–water partition coefficient (Wildman–Crippen LogP) is 3.53. The van der Waals surface area contributed by atoms with Gasteiger partial charge in [0.05, 0.1) is 12.8 Å². The fraction of sp³-hybridized carbons (Fsp3) is 0.267. The second kappa shape index (κ2) is 6.61. The molecule has 5 heteroatoms. The number of pyridine rings is 1. The van der Waals surface area contributed by atoms with Crippen LogP contribution in [0.3, 0.4) is 0 Å². The molecule has 1 aromatic heterocycles. The molecule has 0 saturated heterocycles. The molecule has 106 valence electrons. The third kappa shape index (κ3) is 3.22. The number of ether oxygens (including phenoxy) is 1. The minimum Gasteiger partial charge on any atom is -0.479 e. The zero-order valence-electron chi connectivity index (χ0n) is 11.9. The Labute approximate surface area is 127 Å². The van der Waals surface area contributed by atoms with Gasteiger partial charge < -0.3 is 15.0 Å². The van der Waals surface area contributed by atoms with E-state index in [1.165, 1.54) is 5.56 Å². The molecule has 2 rings (SSSR count). The van der Waals surface area contributed by atoms with Crippen molar-refractivity contribution in [3.63, 3.8) is 0 Å². The fourth-order valence-corrected chi connectivity index (χ4v) is 2.38. The number of nitrogens with zero attached hydrogens (tertiary/aromatic N) is 2. The summed E-state index contributed by atoms with van der Waals surface area (Å²) in [5.74, 6) is 0.600. The summed E-state index contributed by atoms with van der Waals surface area (Å²) >= 11 is 3.56. The first-order valence-electron chi connectivity index (χ1n) is 6.31. The van der Waals surface area contributed by atoms with Crippen molar-refractivity contribution in [2.24, 2.45) is 0 Å². The zero-order chi connectivity index (χ0) is 14.5. The Morgan fingerprint density at radius 3 is 2.65 bits per heavy atom. The highest BCUT2D eigenvalue weighted by Gasteiger charge is 2.12. The molecule has 0 radical (unpaired) electrons. The van der Waals surface area contributed by atoms with Crippen molar-refractivity contribution in [1.29, 1.82) is 0 Å². The normalized spacial score (nSPS) is 10.2. The summed E-state index contributed by atoms with van der Waals surface area (Å²) < 4.78 is 6.43. The van der Waals surface area contributed by atoms with Crippen molar-refractivity contribution in [2.45, 2.75) is 6.54 Å². The van der Waals surface area contributed by atoms with Gasteiger partial charge in [0, 0.05) is 31.3 Å². The van der Waals surface area contributed by atoms with Crippen molar-refractivity contribution in [2.75, 3.05) is 31.4 Å². The lowest BCUT2D eigenvalue weighted by Gasteiger charge is -2.20. The van der Waals surface area contributed by atoms with Crippen LogP contribution < -0.4 is 15.0 Å². The first kappa shape index (κ1) is 14.7. The van der Waals surface area contributed by atoms with Gasteiger partial charge in [-0.2, -0.15) is 0 Å². The third-order valence-electron chi connectivity index (χ3n) is 2.98. The van der Waals surface area contributed by atoms with E-state index in [1.54, 1.807) is 13.3 Å². The molecule has 1 N–H and O–H groups in total. The molecule has 1 aromatic carbocycles. The maximum atomic E-state index is 5.34. The lowest BCUT2D eigenvalue weighted by atomic mass is 10.2. The van der Waals surface area contributed by atoms with E-state index in [0.29, 0.717) is 12.4 Å². The number of halogens is 1. The largest absolute Gasteiger partial charge is 0.479 e. The number of anilines is 2. The van der Waals surface area contributed by atoms with E-state index in [2.05, 4.69) is 32.3 Å². The van der Waals surface area contributed by atoms with Gasteiger partial charge in [-0.3, -0.25) is 0 Å². The van der Waals surface area contributed by atoms with E-state index in [4.69, 9.17) is 4.74 Å². The highest BCUT2D eigenvalue weighted by atomic mass is 79.9. The van der Waals surface area contributed by atoms with E-state index in [0.717, 1.165) is 15.8 Å². The number of rotatable bonds is 5. The monoisotopic (exact) mass is 335 g/mol. The Kier molecular flexibility index (Phi) is 4.84. The van der Waals surface area contributed by atoms with Crippen LogP contribution >= 0.6 is 15.9 Å². The van der Waals surface area contributed by atoms with Crippen LogP contribution in [0.1, 0.15) is 5.56 Å². The summed E-state index contributed by atoms with van der Waals surface area (Å²) in [6.07, 6.45) is 1.75. The van der Waals surface area contributed by atoms with Crippen molar-refractivity contribution in [3.05, 3.63) is 46.6 Å². The number of aromatic nitrogens is 1. The SMILES string of the molecule is COc1nccc(N(C)C)c1NCc1ccccc1Br. The van der Waals surface area contributed by atoms with Gasteiger partial charge in [0.25, 0.3) is 0 Å². The molecule has 0 unspecified atom stereocenters. The van der Waals surface area contributed by atoms with Gasteiger partial charge in [-0.25, -0.2) is 4.98 Å². The Bertz CT molecular complexity index is 587. The molecule has 1 heterocycles. The van der Waals surface area contributed by atoms with Crippen LogP contribution in [0, 0.1) is 0 Å². The van der Waals surface area contributed by atoms with Gasteiger partial charge in [0.2, 0.25) is 5.88 Å². The van der Waals surface area contributed by atoms with Crippen LogP contribution in [-0.2, 0) is 6.54 Å². The minimum absolute atomic E-state index is 0.600. The summed E-state index contributed by atoms with van der Waals surface area (Å²) in [4.78, 5) is 6.29. The van der Waals surface area contributed by atoms with Crippen LogP contribution in [0.4, 0.5) is 11.4 Å². The van der Waals surface area contributed by atoms with Crippen molar-refractivity contribution < 1.29 is 4.74 Å². The molecule has 0 amide bonds. The summed E-state index contributed by atoms with van der Waals surface area (Å²) in [5, 5.41) is 3.41. The second-order valence-corrected chi connectivity index (χ2v) is 5.41. The van der Waals surface area contributed by atoms with Crippen LogP contribution in [0.15, 0.2) is 41.0 Å². The van der Waals surface area contributed by atoms with Gasteiger partial charge in [-0.15, -0.1) is 0 Å². The lowest BCUT2D eigenvalue weighted by Crippen LogP contribution is -2.13. The van der Waals surface area contributed by atoms with Gasteiger partial charge in [0.15, 0.2) is 0 Å². The van der Waals surface area contributed by atoms with Gasteiger partial charge >= 0.3 is 0 Å². The molecular formula is C15H18BrN3O. The molecule has 0 atom stereocenters. The molecule has 0 spiro atoms. The predicted molar refractivity (Wildman–Crippen MR) is 86.6 cm³/mol. The van der Waals surface area contributed by atoms with Gasteiger partial charge in [-0.1, -0.05) is 34.1 Å². The number of benzene rings is 1. The first-order chi connectivity index (χ1) is 9.63. The number of hydrogen-bond acceptors (Lipinski definition) is 4. The molecule has 0 aliphatic heterocycles. The van der Waals surface area contributed by atoms with E-state index in [9.17, 15) is 0 Å². The van der Waals surface area contributed by atoms with Crippen LogP contribution in [0.25, 0.3) is 0 Å². The number of hydrogen-bond donors (Lipinski definition) is 1. The number of nitrogens with one attached hydrogen (secondary N) is 1. The van der Waals surface area contributed by atoms with E-state index >= 15 is 0 Å². The Morgan fingerprint density at radius 1 is 1.25 bits per heavy atom. The summed E-state index contributed by atoms with van der Waals surface area (Å²) in [6.45, 7) is 0.699. The first-order valence-corrected chi connectivity index (χ1v) is 7.10. The highest BCUT2D eigenvalue weighted by molar-refractivity contribution is 9.10. The minimum atomic E-state index is 0.600. The van der Waals surface area contributed by atoms with Crippen LogP contribution in [0.2, 0.25) is 0 Å². The summed E-state index contributed by atoms with van der Waals surface area (Å²) in [7, 11) is 5.63. The Morgan fingerprint density at radius 2 is 2.00 bits per heavy atom. The summed E-state index contributed by atoms with van der Waals surface area (Å²) in [6, 6.07) is 10.1. The highest BCUT2D eigenvalue weighted by Crippen LogP contribution is 2.32. The smallest absolute Gasteiger partial charge is 0.239 e. The average Bonchev–Trinajstić information content (AvgIpc) is 2.46. The van der Waals surface area contributed by atoms with Crippen LogP contribution in [-0.4, -0.2) is 26.2 Å². The Balaban J connectivity index is 2.26. The van der Waals surface area contributed by atoms with E-state index in [-0.39, 0.29) is 0 Å². The zero-order valence-corrected chi connectivity index (χ0v) is 13.4. The van der Waals surface area contributed by atoms with Crippen molar-refractivity contribution >= 4 is 27.3 Å². The van der Waals surface area contributed by atoms with E-state index < -0.39 is 0 Å². The maximum Gasteiger partial charge on any atom is 0.239 e. The van der Waals surface area contributed by atoms with E-state index in [1.807, 2.05) is 43.3 Å². The molecule has 0 saturated carbocycles. The Hall–Kier alpha value is -1.75. The van der Waals surface area contributed by atoms with Crippen molar-refractivity contribution in [3.8, 4) is 5.88 Å². The molecule has 20 heavy (non-hydrogen) atoms. The second-order valence-electron chi connectivity index (χ2n) is 4.55. The standard InChI is InChI=1S/C15H18BrN3O/c1-19(2)13-8-9-17-15(20-3)14(13)18-10-11-6-4-5-7-12(11)16/h4-9,18H,10H2,1-3H3. The fourth-order valence-electron chi connectivity index (χ4n) is 1.95. The maximum absolute atomic E-state index is 5.34. The van der Waals surface area contributed by atoms with Gasteiger partial charge in [0.1, 0.15) is 5.69 Å². The molecule has 0 aliphatic rings. The van der Waals surface area contributed by atoms with Gasteiger partial charge in [-0.05, 0) is 17.7 Å². The summed E-state index contributed by atoms with van der Waals surface area (Å²) in [5.41, 5.74) is 3.13. The molecule has 0 aliphatic carbocycles. The third-order valence-corrected chi connectivity index (χ3v) is 3.76. The molecule has 2 aromatic rings. The lowest BCUT2D eigenvalue weighted by molar-refractivity contribution is 0.400. The molecule has 4 nitrogen and oxygen atoms in total. The quantitative estimate of drug-likeness (QED) is 0.906. The molecular weight excluding hydrogens is 318 g/mol. The molecule has 0 bridgehead atoms. The molecule has 0 fully saturated rings.